The first-order valence-corrected chi connectivity index (χ1v) is 6.33. The lowest BCUT2D eigenvalue weighted by Gasteiger charge is -2.47. The van der Waals surface area contributed by atoms with Crippen LogP contribution in [0.1, 0.15) is 27.7 Å². The summed E-state index contributed by atoms with van der Waals surface area (Å²) in [6.07, 6.45) is 0. The summed E-state index contributed by atoms with van der Waals surface area (Å²) in [7, 11) is 0. The smallest absolute Gasteiger partial charge is 0.187 e. The topological polar surface area (TPSA) is 38.2 Å². The van der Waals surface area contributed by atoms with Gasteiger partial charge in [0.2, 0.25) is 0 Å². The normalized spacial score (nSPS) is 23.4. The third kappa shape index (κ3) is 2.47. The number of ether oxygens (including phenoxy) is 1. The summed E-state index contributed by atoms with van der Waals surface area (Å²) in [6.45, 7) is 9.87. The molecule has 0 spiro atoms. The van der Waals surface area contributed by atoms with Crippen LogP contribution in [0.3, 0.4) is 0 Å². The summed E-state index contributed by atoms with van der Waals surface area (Å²) in [6, 6.07) is 0. The molecule has 0 radical (unpaired) electrons. The Kier molecular flexibility index (Phi) is 2.88. The number of hydrogen-bond donors (Lipinski definition) is 0. The summed E-state index contributed by atoms with van der Waals surface area (Å²) >= 11 is 7.16. The van der Waals surface area contributed by atoms with E-state index < -0.39 is 0 Å². The van der Waals surface area contributed by atoms with Gasteiger partial charge in [-0.1, -0.05) is 11.6 Å². The SMILES string of the molecule is CC1(C)CN(c2nsnc2Cl)CC(C)(C)O1. The second-order valence-electron chi connectivity index (χ2n) is 5.36. The molecule has 1 aliphatic rings. The molecule has 1 aromatic heterocycles. The summed E-state index contributed by atoms with van der Waals surface area (Å²) < 4.78 is 14.2. The molecule has 0 aliphatic carbocycles. The Morgan fingerprint density at radius 3 is 2.19 bits per heavy atom. The second-order valence-corrected chi connectivity index (χ2v) is 6.24. The van der Waals surface area contributed by atoms with Gasteiger partial charge in [0.15, 0.2) is 11.0 Å². The van der Waals surface area contributed by atoms with Crippen molar-refractivity contribution in [3.8, 4) is 0 Å². The van der Waals surface area contributed by atoms with Crippen molar-refractivity contribution in [1.29, 1.82) is 0 Å². The zero-order valence-electron chi connectivity index (χ0n) is 9.95. The highest BCUT2D eigenvalue weighted by Crippen LogP contribution is 2.33. The summed E-state index contributed by atoms with van der Waals surface area (Å²) in [5.41, 5.74) is -0.399. The van der Waals surface area contributed by atoms with Gasteiger partial charge in [0, 0.05) is 13.1 Å². The van der Waals surface area contributed by atoms with E-state index in [2.05, 4.69) is 41.3 Å². The lowest BCUT2D eigenvalue weighted by Crippen LogP contribution is -2.57. The highest BCUT2D eigenvalue weighted by molar-refractivity contribution is 6.99. The van der Waals surface area contributed by atoms with Crippen molar-refractivity contribution < 1.29 is 4.74 Å². The van der Waals surface area contributed by atoms with Crippen LogP contribution >= 0.6 is 23.3 Å². The fraction of sp³-hybridized carbons (Fsp3) is 0.800. The Morgan fingerprint density at radius 2 is 1.75 bits per heavy atom. The maximum atomic E-state index is 6.01. The van der Waals surface area contributed by atoms with Gasteiger partial charge in [-0.15, -0.1) is 0 Å². The average Bonchev–Trinajstić information content (AvgIpc) is 2.45. The molecule has 0 aromatic carbocycles. The number of nitrogens with zero attached hydrogens (tertiary/aromatic N) is 3. The number of anilines is 1. The molecule has 0 N–H and O–H groups in total. The summed E-state index contributed by atoms with van der Waals surface area (Å²) in [4.78, 5) is 2.15. The third-order valence-electron chi connectivity index (χ3n) is 2.43. The largest absolute Gasteiger partial charge is 0.366 e. The predicted octanol–water partition coefficient (Wildman–Crippen LogP) is 2.59. The molecular weight excluding hydrogens is 246 g/mol. The van der Waals surface area contributed by atoms with Crippen molar-refractivity contribution in [3.05, 3.63) is 5.15 Å². The molecule has 1 saturated heterocycles. The van der Waals surface area contributed by atoms with Crippen LogP contribution in [0.4, 0.5) is 5.82 Å². The molecular formula is C10H16ClN3OS. The monoisotopic (exact) mass is 261 g/mol. The maximum absolute atomic E-state index is 6.01. The van der Waals surface area contributed by atoms with E-state index in [1.54, 1.807) is 0 Å². The standard InChI is InChI=1S/C10H16ClN3OS/c1-9(2)5-14(6-10(3,4)15-9)8-7(11)12-16-13-8/h5-6H2,1-4H3. The number of rotatable bonds is 1. The van der Waals surface area contributed by atoms with Crippen LogP contribution in [0.15, 0.2) is 0 Å². The molecule has 1 fully saturated rings. The molecule has 0 atom stereocenters. The number of hydrogen-bond acceptors (Lipinski definition) is 5. The van der Waals surface area contributed by atoms with E-state index >= 15 is 0 Å². The minimum Gasteiger partial charge on any atom is -0.366 e. The van der Waals surface area contributed by atoms with Gasteiger partial charge in [-0.2, -0.15) is 8.75 Å². The summed E-state index contributed by atoms with van der Waals surface area (Å²) in [5.74, 6) is 0.774. The first-order chi connectivity index (χ1) is 7.29. The maximum Gasteiger partial charge on any atom is 0.187 e. The van der Waals surface area contributed by atoms with Crippen LogP contribution in [-0.4, -0.2) is 33.0 Å². The molecule has 4 nitrogen and oxygen atoms in total. The second kappa shape index (κ2) is 3.82. The van der Waals surface area contributed by atoms with Crippen LogP contribution in [0.2, 0.25) is 5.15 Å². The predicted molar refractivity (Wildman–Crippen MR) is 66.4 cm³/mol. The van der Waals surface area contributed by atoms with Crippen LogP contribution < -0.4 is 4.90 Å². The van der Waals surface area contributed by atoms with E-state index in [4.69, 9.17) is 16.3 Å². The van der Waals surface area contributed by atoms with Crippen LogP contribution in [0.25, 0.3) is 0 Å². The van der Waals surface area contributed by atoms with Gasteiger partial charge in [-0.25, -0.2) is 0 Å². The van der Waals surface area contributed by atoms with Gasteiger partial charge in [-0.05, 0) is 27.7 Å². The fourth-order valence-corrected chi connectivity index (χ4v) is 3.08. The van der Waals surface area contributed by atoms with E-state index in [0.29, 0.717) is 5.15 Å². The fourth-order valence-electron chi connectivity index (χ4n) is 2.30. The van der Waals surface area contributed by atoms with Crippen molar-refractivity contribution in [2.24, 2.45) is 0 Å². The Hall–Kier alpha value is -0.390. The van der Waals surface area contributed by atoms with Gasteiger partial charge in [0.1, 0.15) is 0 Å². The summed E-state index contributed by atoms with van der Waals surface area (Å²) in [5, 5.41) is 0.485. The van der Waals surface area contributed by atoms with E-state index in [0.717, 1.165) is 30.6 Å². The minimum atomic E-state index is -0.200. The van der Waals surface area contributed by atoms with Crippen LogP contribution in [-0.2, 0) is 4.74 Å². The van der Waals surface area contributed by atoms with E-state index in [1.165, 1.54) is 0 Å². The molecule has 0 unspecified atom stereocenters. The minimum absolute atomic E-state index is 0.200. The molecule has 2 heterocycles. The lowest BCUT2D eigenvalue weighted by molar-refractivity contribution is -0.133. The molecule has 2 rings (SSSR count). The van der Waals surface area contributed by atoms with Gasteiger partial charge in [0.05, 0.1) is 22.9 Å². The Bertz CT molecular complexity index is 375. The van der Waals surface area contributed by atoms with E-state index in [-0.39, 0.29) is 11.2 Å². The van der Waals surface area contributed by atoms with Crippen molar-refractivity contribution in [2.75, 3.05) is 18.0 Å². The number of morpholine rings is 1. The molecule has 0 saturated carbocycles. The van der Waals surface area contributed by atoms with Crippen molar-refractivity contribution in [2.45, 2.75) is 38.9 Å². The van der Waals surface area contributed by atoms with Gasteiger partial charge in [-0.3, -0.25) is 0 Å². The van der Waals surface area contributed by atoms with Crippen molar-refractivity contribution in [1.82, 2.24) is 8.75 Å². The van der Waals surface area contributed by atoms with Gasteiger partial charge in [0.25, 0.3) is 0 Å². The zero-order chi connectivity index (χ0) is 12.0. The molecule has 0 bridgehead atoms. The van der Waals surface area contributed by atoms with Gasteiger partial charge >= 0.3 is 0 Å². The Morgan fingerprint density at radius 1 is 1.19 bits per heavy atom. The van der Waals surface area contributed by atoms with Gasteiger partial charge < -0.3 is 9.64 Å². The molecule has 1 aliphatic heterocycles. The van der Waals surface area contributed by atoms with E-state index in [9.17, 15) is 0 Å². The quantitative estimate of drug-likeness (QED) is 0.779. The average molecular weight is 262 g/mol. The highest BCUT2D eigenvalue weighted by atomic mass is 35.5. The molecule has 16 heavy (non-hydrogen) atoms. The molecule has 0 amide bonds. The molecule has 90 valence electrons. The van der Waals surface area contributed by atoms with Crippen molar-refractivity contribution in [3.63, 3.8) is 0 Å². The Labute approximate surface area is 105 Å². The first kappa shape index (κ1) is 12.1. The zero-order valence-corrected chi connectivity index (χ0v) is 11.5. The Balaban J connectivity index is 2.26. The molecule has 1 aromatic rings. The number of halogens is 1. The third-order valence-corrected chi connectivity index (χ3v) is 3.30. The van der Waals surface area contributed by atoms with E-state index in [1.807, 2.05) is 0 Å². The molecule has 6 heteroatoms. The van der Waals surface area contributed by atoms with Crippen LogP contribution in [0.5, 0.6) is 0 Å². The highest BCUT2D eigenvalue weighted by Gasteiger charge is 2.39. The lowest BCUT2D eigenvalue weighted by atomic mass is 9.99. The first-order valence-electron chi connectivity index (χ1n) is 5.22. The number of aromatic nitrogens is 2. The van der Waals surface area contributed by atoms with Crippen LogP contribution in [0, 0.1) is 0 Å². The van der Waals surface area contributed by atoms with Crippen molar-refractivity contribution >= 4 is 29.1 Å².